The molecule has 1 aliphatic rings. The van der Waals surface area contributed by atoms with Gasteiger partial charge in [-0.2, -0.15) is 0 Å². The summed E-state index contributed by atoms with van der Waals surface area (Å²) >= 11 is 0. The van der Waals surface area contributed by atoms with E-state index < -0.39 is 5.67 Å². The molecule has 1 fully saturated rings. The third kappa shape index (κ3) is 2.66. The van der Waals surface area contributed by atoms with Crippen molar-refractivity contribution in [2.75, 3.05) is 0 Å². The molecular weight excluding hydrogens is 179 g/mol. The van der Waals surface area contributed by atoms with Crippen LogP contribution in [0.4, 0.5) is 4.39 Å². The number of hydrogen-bond donors (Lipinski definition) is 0. The van der Waals surface area contributed by atoms with E-state index in [1.54, 1.807) is 0 Å². The molecule has 0 aromatic carbocycles. The van der Waals surface area contributed by atoms with E-state index in [4.69, 9.17) is 0 Å². The predicted molar refractivity (Wildman–Crippen MR) is 55.8 cm³/mol. The number of carbonyl (C=O) groups is 1. The monoisotopic (exact) mass is 198 g/mol. The van der Waals surface area contributed by atoms with Gasteiger partial charge in [0.2, 0.25) is 0 Å². The van der Waals surface area contributed by atoms with Crippen LogP contribution in [0.5, 0.6) is 0 Å². The number of allylic oxidation sites excluding steroid dienone is 1. The number of alkyl halides is 1. The maximum atomic E-state index is 13.8. The first-order valence-electron chi connectivity index (χ1n) is 5.31. The molecule has 1 aliphatic carbocycles. The highest BCUT2D eigenvalue weighted by atomic mass is 19.1. The third-order valence-corrected chi connectivity index (χ3v) is 3.25. The summed E-state index contributed by atoms with van der Waals surface area (Å²) in [5.74, 6) is 1.03. The summed E-state index contributed by atoms with van der Waals surface area (Å²) in [7, 11) is 0. The van der Waals surface area contributed by atoms with Crippen LogP contribution in [0, 0.1) is 11.8 Å². The Morgan fingerprint density at radius 2 is 2.21 bits per heavy atom. The van der Waals surface area contributed by atoms with Crippen LogP contribution in [0.25, 0.3) is 0 Å². The molecule has 0 atom stereocenters. The first kappa shape index (κ1) is 11.4. The molecular formula is C12H19FO. The lowest BCUT2D eigenvalue weighted by Gasteiger charge is -2.43. The van der Waals surface area contributed by atoms with Crippen molar-refractivity contribution >= 4 is 5.78 Å². The summed E-state index contributed by atoms with van der Waals surface area (Å²) in [5, 5.41) is 0. The van der Waals surface area contributed by atoms with Crippen LogP contribution in [-0.4, -0.2) is 11.5 Å². The molecule has 1 rings (SSSR count). The zero-order valence-electron chi connectivity index (χ0n) is 9.05. The molecule has 0 aliphatic heterocycles. The Hall–Kier alpha value is -0.660. The molecule has 0 amide bonds. The van der Waals surface area contributed by atoms with Crippen molar-refractivity contribution in [3.8, 4) is 0 Å². The van der Waals surface area contributed by atoms with Crippen molar-refractivity contribution in [3.05, 3.63) is 12.7 Å². The summed E-state index contributed by atoms with van der Waals surface area (Å²) in [5.41, 5.74) is -1.06. The number of halogens is 1. The number of hydrogen-bond acceptors (Lipinski definition) is 1. The summed E-state index contributed by atoms with van der Waals surface area (Å²) in [6, 6.07) is 0. The normalized spacial score (nSPS) is 31.3. The van der Waals surface area contributed by atoms with Gasteiger partial charge in [0.1, 0.15) is 5.67 Å². The van der Waals surface area contributed by atoms with E-state index in [1.807, 2.05) is 0 Å². The van der Waals surface area contributed by atoms with Gasteiger partial charge in [-0.05, 0) is 37.2 Å². The highest BCUT2D eigenvalue weighted by molar-refractivity contribution is 5.89. The van der Waals surface area contributed by atoms with Crippen LogP contribution in [0.2, 0.25) is 0 Å². The van der Waals surface area contributed by atoms with Gasteiger partial charge in [-0.25, -0.2) is 4.39 Å². The van der Waals surface area contributed by atoms with Crippen LogP contribution in [0.1, 0.15) is 39.5 Å². The molecule has 0 heterocycles. The van der Waals surface area contributed by atoms with E-state index in [0.29, 0.717) is 37.5 Å². The van der Waals surface area contributed by atoms with E-state index in [1.165, 1.54) is 6.08 Å². The van der Waals surface area contributed by atoms with E-state index in [2.05, 4.69) is 20.4 Å². The number of ketones is 1. The Balaban J connectivity index is 2.27. The van der Waals surface area contributed by atoms with Crippen molar-refractivity contribution in [2.45, 2.75) is 45.2 Å². The second-order valence-corrected chi connectivity index (χ2v) is 4.73. The molecule has 0 aromatic rings. The minimum atomic E-state index is -1.06. The van der Waals surface area contributed by atoms with Gasteiger partial charge in [0.25, 0.3) is 0 Å². The Morgan fingerprint density at radius 1 is 1.64 bits per heavy atom. The molecule has 0 bridgehead atoms. The first-order chi connectivity index (χ1) is 6.47. The fourth-order valence-electron chi connectivity index (χ4n) is 2.00. The van der Waals surface area contributed by atoms with Crippen molar-refractivity contribution in [2.24, 2.45) is 11.8 Å². The largest absolute Gasteiger partial charge is 0.295 e. The van der Waals surface area contributed by atoms with Crippen molar-refractivity contribution in [1.29, 1.82) is 0 Å². The second-order valence-electron chi connectivity index (χ2n) is 4.73. The second kappa shape index (κ2) is 4.24. The van der Waals surface area contributed by atoms with Crippen LogP contribution >= 0.6 is 0 Å². The zero-order chi connectivity index (χ0) is 10.8. The topological polar surface area (TPSA) is 17.1 Å². The van der Waals surface area contributed by atoms with Crippen LogP contribution in [0.3, 0.4) is 0 Å². The van der Waals surface area contributed by atoms with E-state index in [-0.39, 0.29) is 5.78 Å². The van der Waals surface area contributed by atoms with Crippen molar-refractivity contribution < 1.29 is 9.18 Å². The molecule has 1 nitrogen and oxygen atoms in total. The summed E-state index contributed by atoms with van der Waals surface area (Å²) in [6.07, 6.45) is 3.23. The van der Waals surface area contributed by atoms with E-state index >= 15 is 0 Å². The minimum Gasteiger partial charge on any atom is -0.295 e. The standard InChI is InChI=1S/C12H19FO/c1-4-11(14)5-6-12(13)7-10(8-12)9(2)3/h4,9-10H,1,5-8H2,2-3H3. The highest BCUT2D eigenvalue weighted by Crippen LogP contribution is 2.47. The average Bonchev–Trinajstić information content (AvgIpc) is 2.09. The smallest absolute Gasteiger partial charge is 0.155 e. The van der Waals surface area contributed by atoms with Gasteiger partial charge in [-0.1, -0.05) is 20.4 Å². The van der Waals surface area contributed by atoms with Crippen LogP contribution < -0.4 is 0 Å². The predicted octanol–water partition coefficient (Wildman–Crippen LogP) is 3.30. The first-order valence-corrected chi connectivity index (χ1v) is 5.31. The highest BCUT2D eigenvalue weighted by Gasteiger charge is 2.45. The SMILES string of the molecule is C=CC(=O)CCC1(F)CC(C(C)C)C1. The average molecular weight is 198 g/mol. The molecule has 80 valence electrons. The number of carbonyl (C=O) groups excluding carboxylic acids is 1. The van der Waals surface area contributed by atoms with Gasteiger partial charge in [-0.3, -0.25) is 4.79 Å². The fourth-order valence-corrected chi connectivity index (χ4v) is 2.00. The Morgan fingerprint density at radius 3 is 2.64 bits per heavy atom. The lowest BCUT2D eigenvalue weighted by atomic mass is 9.65. The molecule has 0 N–H and O–H groups in total. The lowest BCUT2D eigenvalue weighted by molar-refractivity contribution is -0.116. The van der Waals surface area contributed by atoms with Crippen LogP contribution in [-0.2, 0) is 4.79 Å². The summed E-state index contributed by atoms with van der Waals surface area (Å²) in [4.78, 5) is 10.9. The van der Waals surface area contributed by atoms with Crippen molar-refractivity contribution in [3.63, 3.8) is 0 Å². The Kier molecular flexibility index (Phi) is 3.46. The Labute approximate surface area is 85.4 Å². The minimum absolute atomic E-state index is 0.0463. The zero-order valence-corrected chi connectivity index (χ0v) is 9.05. The van der Waals surface area contributed by atoms with Crippen molar-refractivity contribution in [1.82, 2.24) is 0 Å². The van der Waals surface area contributed by atoms with Gasteiger partial charge in [0.05, 0.1) is 0 Å². The summed E-state index contributed by atoms with van der Waals surface area (Å²) in [6.45, 7) is 7.62. The van der Waals surface area contributed by atoms with E-state index in [0.717, 1.165) is 0 Å². The van der Waals surface area contributed by atoms with Gasteiger partial charge < -0.3 is 0 Å². The molecule has 2 heteroatoms. The van der Waals surface area contributed by atoms with Gasteiger partial charge in [0.15, 0.2) is 5.78 Å². The lowest BCUT2D eigenvalue weighted by Crippen LogP contribution is -2.42. The van der Waals surface area contributed by atoms with Gasteiger partial charge in [-0.15, -0.1) is 0 Å². The number of rotatable bonds is 5. The third-order valence-electron chi connectivity index (χ3n) is 3.25. The molecule has 0 aromatic heterocycles. The van der Waals surface area contributed by atoms with Crippen LogP contribution in [0.15, 0.2) is 12.7 Å². The summed E-state index contributed by atoms with van der Waals surface area (Å²) < 4.78 is 13.8. The molecule has 14 heavy (non-hydrogen) atoms. The Bertz CT molecular complexity index is 226. The molecule has 0 spiro atoms. The van der Waals surface area contributed by atoms with E-state index in [9.17, 15) is 9.18 Å². The quantitative estimate of drug-likeness (QED) is 0.619. The molecule has 0 unspecified atom stereocenters. The van der Waals surface area contributed by atoms with Gasteiger partial charge >= 0.3 is 0 Å². The van der Waals surface area contributed by atoms with Gasteiger partial charge in [0, 0.05) is 6.42 Å². The fraction of sp³-hybridized carbons (Fsp3) is 0.750. The molecule has 0 saturated heterocycles. The maximum Gasteiger partial charge on any atom is 0.155 e. The molecule has 0 radical (unpaired) electrons. The molecule has 1 saturated carbocycles. The maximum absolute atomic E-state index is 13.8.